The molecule has 0 aliphatic carbocycles. The molecule has 1 aliphatic heterocycles. The van der Waals surface area contributed by atoms with Gasteiger partial charge in [-0.3, -0.25) is 10.1 Å². The number of nitro groups is 1. The highest BCUT2D eigenvalue weighted by Crippen LogP contribution is 2.25. The Morgan fingerprint density at radius 2 is 2.05 bits per heavy atom. The summed E-state index contributed by atoms with van der Waals surface area (Å²) in [6, 6.07) is 3.40. The van der Waals surface area contributed by atoms with Crippen LogP contribution in [0.5, 0.6) is 0 Å². The minimum absolute atomic E-state index is 0.0488. The molecule has 1 aromatic heterocycles. The molecule has 7 heteroatoms. The summed E-state index contributed by atoms with van der Waals surface area (Å²) in [4.78, 5) is 14.4. The number of hydrogen-bond donors (Lipinski definition) is 2. The maximum absolute atomic E-state index is 10.8. The van der Waals surface area contributed by atoms with E-state index >= 15 is 0 Å². The zero-order valence-corrected chi connectivity index (χ0v) is 11.2. The van der Waals surface area contributed by atoms with E-state index in [0.717, 1.165) is 12.8 Å². The number of nitrogen functional groups attached to an aromatic ring is 1. The first-order chi connectivity index (χ1) is 8.97. The van der Waals surface area contributed by atoms with Crippen molar-refractivity contribution in [1.29, 1.82) is 0 Å². The third-order valence-corrected chi connectivity index (χ3v) is 3.48. The number of hydrogen-bond acceptors (Lipinski definition) is 6. The van der Waals surface area contributed by atoms with Crippen LogP contribution < -0.4 is 11.2 Å². The van der Waals surface area contributed by atoms with Crippen molar-refractivity contribution in [3.8, 4) is 0 Å². The van der Waals surface area contributed by atoms with Gasteiger partial charge in [0.2, 0.25) is 0 Å². The van der Waals surface area contributed by atoms with Crippen LogP contribution >= 0.6 is 0 Å². The Kier molecular flexibility index (Phi) is 3.84. The summed E-state index contributed by atoms with van der Waals surface area (Å²) in [5, 5.41) is 12.9. The Balaban J connectivity index is 2.20. The quantitative estimate of drug-likeness (QED) is 0.642. The summed E-state index contributed by atoms with van der Waals surface area (Å²) in [5.41, 5.74) is 8.70. The third kappa shape index (κ3) is 3.11. The monoisotopic (exact) mass is 265 g/mol. The second-order valence-corrected chi connectivity index (χ2v) is 5.04. The van der Waals surface area contributed by atoms with Gasteiger partial charge in [0, 0.05) is 12.1 Å². The summed E-state index contributed by atoms with van der Waals surface area (Å²) in [6.45, 7) is 4.26. The molecule has 19 heavy (non-hydrogen) atoms. The predicted molar refractivity (Wildman–Crippen MR) is 73.5 cm³/mol. The Morgan fingerprint density at radius 3 is 2.63 bits per heavy atom. The van der Waals surface area contributed by atoms with Crippen LogP contribution in [0.15, 0.2) is 12.1 Å². The number of aromatic nitrogens is 1. The Hall–Kier alpha value is -1.89. The van der Waals surface area contributed by atoms with E-state index < -0.39 is 4.92 Å². The van der Waals surface area contributed by atoms with E-state index in [9.17, 15) is 10.1 Å². The van der Waals surface area contributed by atoms with E-state index in [1.54, 1.807) is 0 Å². The number of rotatable bonds is 3. The number of nitrogens with one attached hydrogen (secondary N) is 1. The molecule has 1 aromatic rings. The molecule has 2 atom stereocenters. The summed E-state index contributed by atoms with van der Waals surface area (Å²) in [7, 11) is 0. The van der Waals surface area contributed by atoms with Crippen LogP contribution in [0.3, 0.4) is 0 Å². The number of pyridine rings is 1. The molecule has 1 aliphatic rings. The highest BCUT2D eigenvalue weighted by Gasteiger charge is 2.25. The zero-order valence-electron chi connectivity index (χ0n) is 11.2. The van der Waals surface area contributed by atoms with Crippen LogP contribution in [0.25, 0.3) is 0 Å². The van der Waals surface area contributed by atoms with Gasteiger partial charge in [-0.25, -0.2) is 9.99 Å². The molecule has 3 N–H and O–H groups in total. The van der Waals surface area contributed by atoms with E-state index in [4.69, 9.17) is 5.73 Å². The fourth-order valence-electron chi connectivity index (χ4n) is 2.47. The first kappa shape index (κ1) is 13.5. The highest BCUT2D eigenvalue weighted by molar-refractivity contribution is 5.52. The SMILES string of the molecule is CC1CCCC(C)N1Nc1cc([N+](=O)[O-])cc(N)n1. The molecule has 104 valence electrons. The minimum Gasteiger partial charge on any atom is -0.383 e. The fourth-order valence-corrected chi connectivity index (χ4v) is 2.47. The molecule has 0 amide bonds. The van der Waals surface area contributed by atoms with Gasteiger partial charge >= 0.3 is 0 Å². The van der Waals surface area contributed by atoms with Crippen molar-refractivity contribution in [2.24, 2.45) is 0 Å². The topological polar surface area (TPSA) is 97.3 Å². The van der Waals surface area contributed by atoms with Gasteiger partial charge in [-0.15, -0.1) is 0 Å². The highest BCUT2D eigenvalue weighted by atomic mass is 16.6. The average Bonchev–Trinajstić information content (AvgIpc) is 2.33. The Labute approximate surface area is 111 Å². The third-order valence-electron chi connectivity index (χ3n) is 3.48. The van der Waals surface area contributed by atoms with Gasteiger partial charge in [0.1, 0.15) is 11.6 Å². The molecule has 0 aromatic carbocycles. The minimum atomic E-state index is -0.466. The number of piperidine rings is 1. The summed E-state index contributed by atoms with van der Waals surface area (Å²) < 4.78 is 0. The Morgan fingerprint density at radius 1 is 1.42 bits per heavy atom. The molecule has 1 fully saturated rings. The van der Waals surface area contributed by atoms with E-state index in [2.05, 4.69) is 29.3 Å². The molecule has 0 spiro atoms. The molecule has 0 radical (unpaired) electrons. The normalized spacial score (nSPS) is 24.1. The molecule has 7 nitrogen and oxygen atoms in total. The molecular formula is C12H19N5O2. The second kappa shape index (κ2) is 5.40. The molecule has 1 saturated heterocycles. The molecule has 0 bridgehead atoms. The van der Waals surface area contributed by atoms with Crippen molar-refractivity contribution >= 4 is 17.3 Å². The van der Waals surface area contributed by atoms with Gasteiger partial charge in [-0.05, 0) is 26.7 Å². The number of nitrogens with two attached hydrogens (primary N) is 1. The van der Waals surface area contributed by atoms with E-state index in [1.807, 2.05) is 0 Å². The van der Waals surface area contributed by atoms with E-state index in [1.165, 1.54) is 18.6 Å². The van der Waals surface area contributed by atoms with Gasteiger partial charge in [0.25, 0.3) is 5.69 Å². The van der Waals surface area contributed by atoms with Gasteiger partial charge in [0.05, 0.1) is 17.1 Å². The smallest absolute Gasteiger partial charge is 0.276 e. The second-order valence-electron chi connectivity index (χ2n) is 5.04. The van der Waals surface area contributed by atoms with Crippen molar-refractivity contribution in [3.05, 3.63) is 22.2 Å². The average molecular weight is 265 g/mol. The predicted octanol–water partition coefficient (Wildman–Crippen LogP) is 2.16. The first-order valence-electron chi connectivity index (χ1n) is 6.44. The fraction of sp³-hybridized carbons (Fsp3) is 0.583. The first-order valence-corrected chi connectivity index (χ1v) is 6.44. The summed E-state index contributed by atoms with van der Waals surface area (Å²) in [5.74, 6) is 0.571. The van der Waals surface area contributed by atoms with Crippen molar-refractivity contribution < 1.29 is 4.92 Å². The molecule has 2 unspecified atom stereocenters. The number of anilines is 2. The largest absolute Gasteiger partial charge is 0.383 e. The van der Waals surface area contributed by atoms with Crippen LogP contribution in [0.4, 0.5) is 17.3 Å². The van der Waals surface area contributed by atoms with Gasteiger partial charge < -0.3 is 11.2 Å². The van der Waals surface area contributed by atoms with Gasteiger partial charge in [0.15, 0.2) is 0 Å². The van der Waals surface area contributed by atoms with Crippen molar-refractivity contribution in [3.63, 3.8) is 0 Å². The standard InChI is InChI=1S/C12H19N5O2/c1-8-4-3-5-9(2)16(8)15-12-7-10(17(18)19)6-11(13)14-12/h6-9H,3-5H2,1-2H3,(H3,13,14,15). The lowest BCUT2D eigenvalue weighted by Gasteiger charge is -2.39. The van der Waals surface area contributed by atoms with Crippen LogP contribution in [0.2, 0.25) is 0 Å². The zero-order chi connectivity index (χ0) is 14.0. The van der Waals surface area contributed by atoms with Gasteiger partial charge in [-0.1, -0.05) is 6.42 Å². The molecule has 2 rings (SSSR count). The lowest BCUT2D eigenvalue weighted by Crippen LogP contribution is -2.47. The Bertz CT molecular complexity index is 469. The van der Waals surface area contributed by atoms with E-state index in [0.29, 0.717) is 17.9 Å². The van der Waals surface area contributed by atoms with Crippen molar-refractivity contribution in [2.75, 3.05) is 11.2 Å². The molecular weight excluding hydrogens is 246 g/mol. The van der Waals surface area contributed by atoms with E-state index in [-0.39, 0.29) is 11.5 Å². The summed E-state index contributed by atoms with van der Waals surface area (Å²) >= 11 is 0. The van der Waals surface area contributed by atoms with Crippen molar-refractivity contribution in [1.82, 2.24) is 9.99 Å². The van der Waals surface area contributed by atoms with Crippen LogP contribution in [-0.2, 0) is 0 Å². The lowest BCUT2D eigenvalue weighted by molar-refractivity contribution is -0.384. The van der Waals surface area contributed by atoms with Crippen molar-refractivity contribution in [2.45, 2.75) is 45.2 Å². The molecule has 0 saturated carbocycles. The maximum atomic E-state index is 10.8. The lowest BCUT2D eigenvalue weighted by atomic mass is 10.00. The summed E-state index contributed by atoms with van der Waals surface area (Å²) in [6.07, 6.45) is 3.40. The number of nitrogens with zero attached hydrogens (tertiary/aromatic N) is 3. The molecule has 2 heterocycles. The maximum Gasteiger partial charge on any atom is 0.276 e. The van der Waals surface area contributed by atoms with Gasteiger partial charge in [-0.2, -0.15) is 0 Å². The van der Waals surface area contributed by atoms with Crippen LogP contribution in [-0.4, -0.2) is 27.0 Å². The van der Waals surface area contributed by atoms with Crippen LogP contribution in [0, 0.1) is 10.1 Å². The van der Waals surface area contributed by atoms with Crippen LogP contribution in [0.1, 0.15) is 33.1 Å². The number of hydrazine groups is 1.